The van der Waals surface area contributed by atoms with Gasteiger partial charge in [0, 0.05) is 6.20 Å². The fourth-order valence-electron chi connectivity index (χ4n) is 0.952. The molecule has 0 spiro atoms. The number of nitrogens with two attached hydrogens (primary N) is 1. The summed E-state index contributed by atoms with van der Waals surface area (Å²) in [5.74, 6) is -0.0736. The van der Waals surface area contributed by atoms with Crippen LogP contribution in [0.1, 0.15) is 31.1 Å². The Labute approximate surface area is 77.7 Å². The van der Waals surface area contributed by atoms with Gasteiger partial charge >= 0.3 is 0 Å². The van der Waals surface area contributed by atoms with Gasteiger partial charge in [0.25, 0.3) is 0 Å². The van der Waals surface area contributed by atoms with Gasteiger partial charge < -0.3 is 5.73 Å². The normalized spacial score (nSPS) is 11.7. The van der Waals surface area contributed by atoms with E-state index in [-0.39, 0.29) is 17.9 Å². The van der Waals surface area contributed by atoms with E-state index in [4.69, 9.17) is 5.73 Å². The minimum atomic E-state index is -0.0902. The Hall–Kier alpha value is -1.16. The number of aromatic nitrogens is 2. The van der Waals surface area contributed by atoms with Crippen molar-refractivity contribution >= 4 is 5.78 Å². The Bertz CT molecular complexity index is 309. The lowest BCUT2D eigenvalue weighted by molar-refractivity contribution is 0.100. The largest absolute Gasteiger partial charge is 0.324 e. The molecule has 0 bridgehead atoms. The van der Waals surface area contributed by atoms with E-state index < -0.39 is 0 Å². The van der Waals surface area contributed by atoms with Gasteiger partial charge in [0.2, 0.25) is 0 Å². The number of nitrogens with zero attached hydrogens (tertiary/aromatic N) is 2. The zero-order valence-corrected chi connectivity index (χ0v) is 8.24. The topological polar surface area (TPSA) is 60.9 Å². The van der Waals surface area contributed by atoms with Crippen LogP contribution in [0.2, 0.25) is 0 Å². The molecule has 0 fully saturated rings. The quantitative estimate of drug-likeness (QED) is 0.686. The highest BCUT2D eigenvalue weighted by Crippen LogP contribution is 2.13. The van der Waals surface area contributed by atoms with Crippen LogP contribution in [0.4, 0.5) is 0 Å². The molecule has 72 valence electrons. The molecule has 1 aromatic heterocycles. The second-order valence-electron chi connectivity index (χ2n) is 3.97. The lowest BCUT2D eigenvalue weighted by atomic mass is 10.1. The van der Waals surface area contributed by atoms with E-state index in [1.807, 2.05) is 20.8 Å². The van der Waals surface area contributed by atoms with Crippen LogP contribution in [0.3, 0.4) is 0 Å². The first kappa shape index (κ1) is 9.92. The second-order valence-corrected chi connectivity index (χ2v) is 3.97. The molecule has 2 N–H and O–H groups in total. The third-order valence-corrected chi connectivity index (χ3v) is 1.78. The predicted molar refractivity (Wildman–Crippen MR) is 50.6 cm³/mol. The maximum Gasteiger partial charge on any atom is 0.179 e. The summed E-state index contributed by atoms with van der Waals surface area (Å²) >= 11 is 0. The van der Waals surface area contributed by atoms with Gasteiger partial charge in [0.1, 0.15) is 0 Å². The van der Waals surface area contributed by atoms with Gasteiger partial charge in [-0.1, -0.05) is 0 Å². The molecule has 1 heterocycles. The zero-order valence-electron chi connectivity index (χ0n) is 8.24. The third-order valence-electron chi connectivity index (χ3n) is 1.78. The lowest BCUT2D eigenvalue weighted by Crippen LogP contribution is -2.22. The van der Waals surface area contributed by atoms with Gasteiger partial charge in [-0.3, -0.25) is 9.48 Å². The summed E-state index contributed by atoms with van der Waals surface area (Å²) in [7, 11) is 0. The SMILES string of the molecule is CC(C)(C)n1cc(C(=O)CN)cn1. The molecule has 0 radical (unpaired) electrons. The van der Waals surface area contributed by atoms with Crippen molar-refractivity contribution in [3.8, 4) is 0 Å². The number of rotatable bonds is 2. The van der Waals surface area contributed by atoms with E-state index in [9.17, 15) is 4.79 Å². The summed E-state index contributed by atoms with van der Waals surface area (Å²) in [5, 5.41) is 4.10. The van der Waals surface area contributed by atoms with Gasteiger partial charge in [0.15, 0.2) is 5.78 Å². The summed E-state index contributed by atoms with van der Waals surface area (Å²) in [4.78, 5) is 11.2. The Kier molecular flexibility index (Phi) is 2.52. The van der Waals surface area contributed by atoms with Crippen molar-refractivity contribution in [2.45, 2.75) is 26.3 Å². The van der Waals surface area contributed by atoms with Crippen molar-refractivity contribution < 1.29 is 4.79 Å². The maximum atomic E-state index is 11.2. The first-order valence-corrected chi connectivity index (χ1v) is 4.23. The van der Waals surface area contributed by atoms with Crippen LogP contribution in [-0.2, 0) is 5.54 Å². The van der Waals surface area contributed by atoms with Gasteiger partial charge in [-0.15, -0.1) is 0 Å². The van der Waals surface area contributed by atoms with Gasteiger partial charge in [-0.25, -0.2) is 0 Å². The van der Waals surface area contributed by atoms with Crippen molar-refractivity contribution in [1.29, 1.82) is 0 Å². The van der Waals surface area contributed by atoms with Crippen LogP contribution in [0, 0.1) is 0 Å². The summed E-state index contributed by atoms with van der Waals surface area (Å²) < 4.78 is 1.76. The van der Waals surface area contributed by atoms with Crippen LogP contribution in [-0.4, -0.2) is 22.1 Å². The van der Waals surface area contributed by atoms with Gasteiger partial charge in [-0.2, -0.15) is 5.10 Å². The van der Waals surface area contributed by atoms with Crippen molar-refractivity contribution in [2.75, 3.05) is 6.54 Å². The Morgan fingerprint density at radius 3 is 2.62 bits per heavy atom. The number of Topliss-reactive ketones (excluding diaryl/α,β-unsaturated/α-hetero) is 1. The summed E-state index contributed by atoms with van der Waals surface area (Å²) in [6, 6.07) is 0. The molecule has 0 aliphatic carbocycles. The van der Waals surface area contributed by atoms with Gasteiger partial charge in [-0.05, 0) is 20.8 Å². The smallest absolute Gasteiger partial charge is 0.179 e. The Morgan fingerprint density at radius 2 is 2.23 bits per heavy atom. The van der Waals surface area contributed by atoms with Crippen molar-refractivity contribution in [1.82, 2.24) is 9.78 Å². The van der Waals surface area contributed by atoms with Gasteiger partial charge in [0.05, 0.1) is 23.8 Å². The first-order valence-electron chi connectivity index (χ1n) is 4.23. The minimum absolute atomic E-state index is 0.0375. The number of hydrogen-bond acceptors (Lipinski definition) is 3. The maximum absolute atomic E-state index is 11.2. The Balaban J connectivity index is 2.93. The highest BCUT2D eigenvalue weighted by atomic mass is 16.1. The van der Waals surface area contributed by atoms with Crippen LogP contribution >= 0.6 is 0 Å². The molecule has 0 atom stereocenters. The molecule has 0 aliphatic rings. The van der Waals surface area contributed by atoms with Crippen LogP contribution in [0.25, 0.3) is 0 Å². The second kappa shape index (κ2) is 3.30. The van der Waals surface area contributed by atoms with E-state index in [1.54, 1.807) is 17.1 Å². The van der Waals surface area contributed by atoms with Crippen LogP contribution in [0.5, 0.6) is 0 Å². The molecule has 4 heteroatoms. The van der Waals surface area contributed by atoms with Crippen LogP contribution in [0.15, 0.2) is 12.4 Å². The van der Waals surface area contributed by atoms with E-state index in [1.165, 1.54) is 0 Å². The van der Waals surface area contributed by atoms with E-state index >= 15 is 0 Å². The molecule has 0 aromatic carbocycles. The molecule has 4 nitrogen and oxygen atoms in total. The fourth-order valence-corrected chi connectivity index (χ4v) is 0.952. The van der Waals surface area contributed by atoms with Crippen molar-refractivity contribution in [2.24, 2.45) is 5.73 Å². The molecule has 0 aliphatic heterocycles. The summed E-state index contributed by atoms with van der Waals surface area (Å²) in [5.41, 5.74) is 5.73. The van der Waals surface area contributed by atoms with E-state index in [2.05, 4.69) is 5.10 Å². The Morgan fingerprint density at radius 1 is 1.62 bits per heavy atom. The van der Waals surface area contributed by atoms with Crippen molar-refractivity contribution in [3.63, 3.8) is 0 Å². The highest BCUT2D eigenvalue weighted by molar-refractivity contribution is 5.96. The van der Waals surface area contributed by atoms with Crippen LogP contribution < -0.4 is 5.73 Å². The number of carbonyl (C=O) groups is 1. The monoisotopic (exact) mass is 181 g/mol. The number of hydrogen-bond donors (Lipinski definition) is 1. The molecule has 0 saturated heterocycles. The third kappa shape index (κ3) is 2.15. The molecule has 0 unspecified atom stereocenters. The van der Waals surface area contributed by atoms with E-state index in [0.29, 0.717) is 5.56 Å². The highest BCUT2D eigenvalue weighted by Gasteiger charge is 2.15. The average molecular weight is 181 g/mol. The summed E-state index contributed by atoms with van der Waals surface area (Å²) in [6.07, 6.45) is 3.29. The molecule has 0 amide bonds. The first-order chi connectivity index (χ1) is 5.95. The lowest BCUT2D eigenvalue weighted by Gasteiger charge is -2.18. The molecule has 0 saturated carbocycles. The molecule has 1 rings (SSSR count). The van der Waals surface area contributed by atoms with E-state index in [0.717, 1.165) is 0 Å². The zero-order chi connectivity index (χ0) is 10.1. The molecule has 13 heavy (non-hydrogen) atoms. The fraction of sp³-hybridized carbons (Fsp3) is 0.556. The van der Waals surface area contributed by atoms with Crippen molar-refractivity contribution in [3.05, 3.63) is 18.0 Å². The molecular formula is C9H15N3O. The predicted octanol–water partition coefficient (Wildman–Crippen LogP) is 0.780. The number of ketones is 1. The number of carbonyl (C=O) groups excluding carboxylic acids is 1. The standard InChI is InChI=1S/C9H15N3O/c1-9(2,3)12-6-7(5-11-12)8(13)4-10/h5-6H,4,10H2,1-3H3. The minimum Gasteiger partial charge on any atom is -0.324 e. The average Bonchev–Trinajstić information content (AvgIpc) is 2.50. The molecule has 1 aromatic rings. The molecular weight excluding hydrogens is 166 g/mol. The summed E-state index contributed by atoms with van der Waals surface area (Å²) in [6.45, 7) is 6.11.